The summed E-state index contributed by atoms with van der Waals surface area (Å²) in [6.45, 7) is 5.99. The second-order valence-electron chi connectivity index (χ2n) is 3.68. The first-order chi connectivity index (χ1) is 6.70. The summed E-state index contributed by atoms with van der Waals surface area (Å²) in [5.41, 5.74) is 0. The molecule has 0 aliphatic carbocycles. The van der Waals surface area contributed by atoms with Crippen LogP contribution in [0.1, 0.15) is 13.3 Å². The van der Waals surface area contributed by atoms with Gasteiger partial charge in [-0.25, -0.2) is 0 Å². The first-order valence-corrected chi connectivity index (χ1v) is 7.61. The van der Waals surface area contributed by atoms with Gasteiger partial charge in [-0.1, -0.05) is 13.3 Å². The van der Waals surface area contributed by atoms with Crippen LogP contribution in [-0.2, 0) is 18.3 Å². The molecule has 1 aliphatic rings. The molecule has 0 saturated carbocycles. The highest BCUT2D eigenvalue weighted by atomic mass is 28.4. The third kappa shape index (κ3) is 4.52. The zero-order chi connectivity index (χ0) is 10.4. The van der Waals surface area contributed by atoms with Gasteiger partial charge in [0.25, 0.3) is 0 Å². The summed E-state index contributed by atoms with van der Waals surface area (Å²) in [4.78, 5) is 0. The van der Waals surface area contributed by atoms with Gasteiger partial charge in [-0.15, -0.1) is 0 Å². The standard InChI is InChI=1S/C9H20O4Si/c1-4-5-14(3,10-2)13-8-11-6-9-7-12-9/h9H,4-8H2,1-3H3/t9?,14-/m1/s1. The normalized spacial score (nSPS) is 24.6. The lowest BCUT2D eigenvalue weighted by Gasteiger charge is -2.24. The van der Waals surface area contributed by atoms with E-state index in [-0.39, 0.29) is 0 Å². The molecule has 1 fully saturated rings. The highest BCUT2D eigenvalue weighted by Gasteiger charge is 2.29. The second-order valence-corrected chi connectivity index (χ2v) is 7.14. The summed E-state index contributed by atoms with van der Waals surface area (Å²) in [6.07, 6.45) is 1.39. The number of ether oxygens (including phenoxy) is 2. The van der Waals surface area contributed by atoms with Crippen molar-refractivity contribution in [2.24, 2.45) is 0 Å². The summed E-state index contributed by atoms with van der Waals surface area (Å²) in [5, 5.41) is 0. The van der Waals surface area contributed by atoms with E-state index in [0.29, 0.717) is 19.5 Å². The highest BCUT2D eigenvalue weighted by Crippen LogP contribution is 2.15. The number of rotatable bonds is 8. The molecule has 0 N–H and O–H groups in total. The van der Waals surface area contributed by atoms with E-state index in [1.807, 2.05) is 0 Å². The Balaban J connectivity index is 2.05. The third-order valence-corrected chi connectivity index (χ3v) is 5.29. The minimum atomic E-state index is -1.94. The van der Waals surface area contributed by atoms with Crippen LogP contribution < -0.4 is 0 Å². The van der Waals surface area contributed by atoms with E-state index in [2.05, 4.69) is 13.5 Å². The third-order valence-electron chi connectivity index (χ3n) is 2.29. The van der Waals surface area contributed by atoms with Gasteiger partial charge in [0.05, 0.1) is 13.2 Å². The SMILES string of the molecule is CCC[Si@](C)(OC)OCOCC1CO1. The van der Waals surface area contributed by atoms with E-state index >= 15 is 0 Å². The van der Waals surface area contributed by atoms with Gasteiger partial charge in [0, 0.05) is 7.11 Å². The van der Waals surface area contributed by atoms with Gasteiger partial charge in [-0.05, 0) is 12.6 Å². The van der Waals surface area contributed by atoms with E-state index in [9.17, 15) is 0 Å². The smallest absolute Gasteiger partial charge is 0.336 e. The fourth-order valence-electron chi connectivity index (χ4n) is 1.20. The summed E-state index contributed by atoms with van der Waals surface area (Å²) in [7, 11) is -0.227. The zero-order valence-corrected chi connectivity index (χ0v) is 10.2. The van der Waals surface area contributed by atoms with Gasteiger partial charge in [-0.2, -0.15) is 0 Å². The molecule has 4 nitrogen and oxygen atoms in total. The van der Waals surface area contributed by atoms with Crippen molar-refractivity contribution in [3.63, 3.8) is 0 Å². The Kier molecular flexibility index (Phi) is 5.04. The maximum atomic E-state index is 5.64. The summed E-state index contributed by atoms with van der Waals surface area (Å²) < 4.78 is 21.4. The van der Waals surface area contributed by atoms with Crippen LogP contribution >= 0.6 is 0 Å². The monoisotopic (exact) mass is 220 g/mol. The molecule has 1 unspecified atom stereocenters. The number of epoxide rings is 1. The van der Waals surface area contributed by atoms with E-state index in [1.165, 1.54) is 0 Å². The van der Waals surface area contributed by atoms with Gasteiger partial charge in [0.1, 0.15) is 12.9 Å². The number of hydrogen-bond donors (Lipinski definition) is 0. The second kappa shape index (κ2) is 5.82. The van der Waals surface area contributed by atoms with Crippen LogP contribution in [-0.4, -0.2) is 41.8 Å². The Bertz CT molecular complexity index is 163. The molecule has 5 heteroatoms. The molecule has 0 bridgehead atoms. The highest BCUT2D eigenvalue weighted by molar-refractivity contribution is 6.65. The average molecular weight is 220 g/mol. The van der Waals surface area contributed by atoms with E-state index < -0.39 is 8.56 Å². The lowest BCUT2D eigenvalue weighted by Crippen LogP contribution is -2.38. The van der Waals surface area contributed by atoms with E-state index in [1.54, 1.807) is 7.11 Å². The van der Waals surface area contributed by atoms with Crippen molar-refractivity contribution >= 4 is 8.56 Å². The molecule has 1 aliphatic heterocycles. The lowest BCUT2D eigenvalue weighted by atomic mass is 10.5. The van der Waals surface area contributed by atoms with Crippen molar-refractivity contribution in [2.75, 3.05) is 27.1 Å². The van der Waals surface area contributed by atoms with Gasteiger partial charge >= 0.3 is 8.56 Å². The molecule has 0 amide bonds. The molecule has 1 heterocycles. The van der Waals surface area contributed by atoms with Crippen molar-refractivity contribution in [1.29, 1.82) is 0 Å². The fraction of sp³-hybridized carbons (Fsp3) is 1.00. The van der Waals surface area contributed by atoms with Crippen LogP contribution in [0, 0.1) is 0 Å². The molecule has 0 radical (unpaired) electrons. The van der Waals surface area contributed by atoms with Crippen molar-refractivity contribution in [1.82, 2.24) is 0 Å². The van der Waals surface area contributed by atoms with Crippen LogP contribution in [0.4, 0.5) is 0 Å². The molecule has 1 rings (SSSR count). The molecule has 1 saturated heterocycles. The fourth-order valence-corrected chi connectivity index (χ4v) is 2.90. The molecule has 0 aromatic heterocycles. The van der Waals surface area contributed by atoms with Crippen molar-refractivity contribution < 1.29 is 18.3 Å². The van der Waals surface area contributed by atoms with Crippen LogP contribution in [0.2, 0.25) is 12.6 Å². The van der Waals surface area contributed by atoms with Gasteiger partial charge in [0.2, 0.25) is 0 Å². The van der Waals surface area contributed by atoms with E-state index in [4.69, 9.17) is 18.3 Å². The molecule has 2 atom stereocenters. The van der Waals surface area contributed by atoms with Crippen LogP contribution in [0.25, 0.3) is 0 Å². The Labute approximate surface area is 86.7 Å². The molecular weight excluding hydrogens is 200 g/mol. The average Bonchev–Trinajstić information content (AvgIpc) is 2.97. The van der Waals surface area contributed by atoms with Crippen LogP contribution in [0.3, 0.4) is 0 Å². The molecule has 0 spiro atoms. The van der Waals surface area contributed by atoms with Gasteiger partial charge in [-0.3, -0.25) is 0 Å². The summed E-state index contributed by atoms with van der Waals surface area (Å²) in [6, 6.07) is 1.01. The van der Waals surface area contributed by atoms with Gasteiger partial charge in [0.15, 0.2) is 0 Å². The van der Waals surface area contributed by atoms with Crippen molar-refractivity contribution in [3.8, 4) is 0 Å². The maximum Gasteiger partial charge on any atom is 0.336 e. The first-order valence-electron chi connectivity index (χ1n) is 5.08. The minimum absolute atomic E-state index is 0.306. The van der Waals surface area contributed by atoms with Crippen LogP contribution in [0.15, 0.2) is 0 Å². The number of hydrogen-bond acceptors (Lipinski definition) is 4. The molecule has 14 heavy (non-hydrogen) atoms. The quantitative estimate of drug-likeness (QED) is 0.269. The molecule has 0 aromatic rings. The predicted octanol–water partition coefficient (Wildman–Crippen LogP) is 1.50. The largest absolute Gasteiger partial charge is 0.398 e. The van der Waals surface area contributed by atoms with Crippen LogP contribution in [0.5, 0.6) is 0 Å². The lowest BCUT2D eigenvalue weighted by molar-refractivity contribution is -0.0119. The Morgan fingerprint density at radius 3 is 2.71 bits per heavy atom. The summed E-state index contributed by atoms with van der Waals surface area (Å²) in [5.74, 6) is 0. The zero-order valence-electron chi connectivity index (χ0n) is 9.25. The molecule has 84 valence electrons. The Hall–Kier alpha value is 0.0569. The Morgan fingerprint density at radius 2 is 2.21 bits per heavy atom. The minimum Gasteiger partial charge on any atom is -0.398 e. The predicted molar refractivity (Wildman–Crippen MR) is 55.4 cm³/mol. The molecule has 0 aromatic carbocycles. The van der Waals surface area contributed by atoms with Gasteiger partial charge < -0.3 is 18.3 Å². The van der Waals surface area contributed by atoms with E-state index in [0.717, 1.165) is 19.1 Å². The maximum absolute atomic E-state index is 5.64. The molecular formula is C9H20O4Si. The topological polar surface area (TPSA) is 40.2 Å². The Morgan fingerprint density at radius 1 is 1.50 bits per heavy atom. The summed E-state index contributed by atoms with van der Waals surface area (Å²) >= 11 is 0. The van der Waals surface area contributed by atoms with Crippen molar-refractivity contribution in [2.45, 2.75) is 32.0 Å². The van der Waals surface area contributed by atoms with Crippen molar-refractivity contribution in [3.05, 3.63) is 0 Å². The first kappa shape index (κ1) is 12.1.